The summed E-state index contributed by atoms with van der Waals surface area (Å²) in [6.45, 7) is 0.574. The first-order valence-corrected chi connectivity index (χ1v) is 6.60. The molecule has 6 nitrogen and oxygen atoms in total. The number of hydrogen-bond acceptors (Lipinski definition) is 6. The van der Waals surface area contributed by atoms with E-state index in [1.807, 2.05) is 0 Å². The highest BCUT2D eigenvalue weighted by atomic mass is 16.5. The van der Waals surface area contributed by atoms with Crippen LogP contribution in [-0.4, -0.2) is 60.9 Å². The fourth-order valence-corrected chi connectivity index (χ4v) is 1.54. The Morgan fingerprint density at radius 2 is 1.10 bits per heavy atom. The van der Waals surface area contributed by atoms with Crippen LogP contribution in [0.3, 0.4) is 0 Å². The Morgan fingerprint density at radius 3 is 1.40 bits per heavy atom. The molecule has 1 aromatic carbocycles. The fraction of sp³-hybridized carbons (Fsp3) is 0.500. The molecule has 0 atom stereocenters. The number of benzene rings is 1. The normalized spacial score (nSPS) is 10.6. The summed E-state index contributed by atoms with van der Waals surface area (Å²) >= 11 is 0. The van der Waals surface area contributed by atoms with Crippen molar-refractivity contribution in [3.8, 4) is 0 Å². The van der Waals surface area contributed by atoms with Crippen molar-refractivity contribution in [3.05, 3.63) is 24.3 Å². The molecule has 8 heteroatoms. The smallest absolute Gasteiger partial charge is 0.423 e. The lowest BCUT2D eigenvalue weighted by molar-refractivity contribution is 0.215. The molecule has 0 amide bonds. The van der Waals surface area contributed by atoms with Gasteiger partial charge in [0.05, 0.1) is 0 Å². The van der Waals surface area contributed by atoms with Gasteiger partial charge < -0.3 is 29.6 Å². The highest BCUT2D eigenvalue weighted by Crippen LogP contribution is 1.92. The van der Waals surface area contributed by atoms with Gasteiger partial charge in [-0.2, -0.15) is 0 Å². The monoisotopic (exact) mass is 282 g/mol. The molecule has 1 rings (SSSR count). The summed E-state index contributed by atoms with van der Waals surface area (Å²) in [4.78, 5) is 0. The average molecular weight is 282 g/mol. The molecule has 1 aromatic rings. The summed E-state index contributed by atoms with van der Waals surface area (Å²) in [5, 5.41) is 36.7. The Hall–Kier alpha value is -0.890. The topological polar surface area (TPSA) is 99.4 Å². The van der Waals surface area contributed by atoms with Crippen LogP contribution in [0.25, 0.3) is 0 Å². The van der Waals surface area contributed by atoms with E-state index in [1.54, 1.807) is 24.3 Å². The van der Waals surface area contributed by atoms with E-state index in [0.29, 0.717) is 23.8 Å². The van der Waals surface area contributed by atoms with Crippen LogP contribution in [0.1, 0.15) is 12.8 Å². The number of hydrogen-bond donors (Lipinski definition) is 4. The molecule has 0 aromatic heterocycles. The molecule has 0 fully saturated rings. The molecular weight excluding hydrogens is 262 g/mol. The van der Waals surface area contributed by atoms with E-state index in [9.17, 15) is 10.0 Å². The molecule has 0 aliphatic carbocycles. The Labute approximate surface area is 119 Å². The zero-order valence-electron chi connectivity index (χ0n) is 11.3. The van der Waals surface area contributed by atoms with Crippen LogP contribution in [-0.2, 0) is 9.31 Å². The quantitative estimate of drug-likeness (QED) is 0.289. The van der Waals surface area contributed by atoms with Gasteiger partial charge >= 0.3 is 14.2 Å². The fourth-order valence-electron chi connectivity index (χ4n) is 1.54. The Kier molecular flexibility index (Phi) is 8.52. The Bertz CT molecular complexity index is 326. The van der Waals surface area contributed by atoms with Crippen LogP contribution >= 0.6 is 0 Å². The van der Waals surface area contributed by atoms with Crippen molar-refractivity contribution in [2.45, 2.75) is 12.8 Å². The van der Waals surface area contributed by atoms with Crippen LogP contribution in [0.5, 0.6) is 0 Å². The maximum absolute atomic E-state index is 9.72. The molecule has 0 radical (unpaired) electrons. The van der Waals surface area contributed by atoms with Crippen molar-refractivity contribution in [2.24, 2.45) is 0 Å². The SMILES string of the molecule is OCCCOB(O)c1ccc(B(O)OCCCO)cc1. The van der Waals surface area contributed by atoms with Gasteiger partial charge in [-0.1, -0.05) is 24.3 Å². The van der Waals surface area contributed by atoms with Crippen LogP contribution in [0, 0.1) is 0 Å². The van der Waals surface area contributed by atoms with Gasteiger partial charge in [0.15, 0.2) is 0 Å². The molecule has 0 saturated carbocycles. The molecule has 0 spiro atoms. The predicted octanol–water partition coefficient (Wildman–Crippen LogP) is -2.14. The second-order valence-electron chi connectivity index (χ2n) is 4.27. The van der Waals surface area contributed by atoms with Crippen molar-refractivity contribution in [3.63, 3.8) is 0 Å². The molecule has 4 N–H and O–H groups in total. The van der Waals surface area contributed by atoms with Crippen LogP contribution in [0.4, 0.5) is 0 Å². The first-order chi connectivity index (χ1) is 9.69. The first-order valence-electron chi connectivity index (χ1n) is 6.60. The molecule has 0 unspecified atom stereocenters. The largest absolute Gasteiger partial charge is 0.491 e. The van der Waals surface area contributed by atoms with Gasteiger partial charge in [0.25, 0.3) is 0 Å². The molecule has 0 heterocycles. The van der Waals surface area contributed by atoms with Gasteiger partial charge in [0, 0.05) is 26.4 Å². The molecule has 0 aliphatic heterocycles. The number of aliphatic hydroxyl groups excluding tert-OH is 2. The minimum atomic E-state index is -1.05. The third kappa shape index (κ3) is 6.04. The second kappa shape index (κ2) is 9.93. The maximum Gasteiger partial charge on any atom is 0.491 e. The standard InChI is InChI=1S/C12H20B2O6/c15-7-1-9-19-13(17)11-3-5-12(6-4-11)14(18)20-10-2-8-16/h3-6,15-18H,1-2,7-10H2. The highest BCUT2D eigenvalue weighted by molar-refractivity contribution is 6.62. The van der Waals surface area contributed by atoms with Crippen LogP contribution in [0.15, 0.2) is 24.3 Å². The van der Waals surface area contributed by atoms with E-state index in [0.717, 1.165) is 0 Å². The van der Waals surface area contributed by atoms with E-state index in [-0.39, 0.29) is 26.4 Å². The zero-order valence-corrected chi connectivity index (χ0v) is 11.3. The minimum absolute atomic E-state index is 0.0169. The molecule has 0 bridgehead atoms. The zero-order chi connectivity index (χ0) is 14.8. The molecule has 0 aliphatic rings. The van der Waals surface area contributed by atoms with Crippen molar-refractivity contribution in [1.82, 2.24) is 0 Å². The molecular formula is C12H20B2O6. The van der Waals surface area contributed by atoms with Gasteiger partial charge in [-0.3, -0.25) is 0 Å². The van der Waals surface area contributed by atoms with E-state index in [4.69, 9.17) is 19.5 Å². The average Bonchev–Trinajstić information content (AvgIpc) is 2.47. The summed E-state index contributed by atoms with van der Waals surface area (Å²) in [7, 11) is -2.11. The van der Waals surface area contributed by atoms with Crippen molar-refractivity contribution < 1.29 is 29.6 Å². The van der Waals surface area contributed by atoms with Gasteiger partial charge in [-0.25, -0.2) is 0 Å². The summed E-state index contributed by atoms with van der Waals surface area (Å²) in [5.41, 5.74) is 1.13. The first kappa shape index (κ1) is 17.2. The van der Waals surface area contributed by atoms with Crippen LogP contribution < -0.4 is 10.9 Å². The Morgan fingerprint density at radius 1 is 0.750 bits per heavy atom. The summed E-state index contributed by atoms with van der Waals surface area (Å²) in [5.74, 6) is 0. The van der Waals surface area contributed by atoms with E-state index in [1.165, 1.54) is 0 Å². The molecule has 20 heavy (non-hydrogen) atoms. The van der Waals surface area contributed by atoms with Gasteiger partial charge in [0.1, 0.15) is 0 Å². The van der Waals surface area contributed by atoms with E-state index < -0.39 is 14.2 Å². The van der Waals surface area contributed by atoms with Gasteiger partial charge in [0.2, 0.25) is 0 Å². The number of rotatable bonds is 10. The number of aliphatic hydroxyl groups is 2. The van der Waals surface area contributed by atoms with Crippen molar-refractivity contribution >= 4 is 25.2 Å². The molecule has 0 saturated heterocycles. The lowest BCUT2D eigenvalue weighted by atomic mass is 9.74. The van der Waals surface area contributed by atoms with Crippen molar-refractivity contribution in [2.75, 3.05) is 26.4 Å². The lowest BCUT2D eigenvalue weighted by Gasteiger charge is -2.10. The van der Waals surface area contributed by atoms with Gasteiger partial charge in [-0.15, -0.1) is 0 Å². The third-order valence-electron chi connectivity index (χ3n) is 2.66. The van der Waals surface area contributed by atoms with Crippen molar-refractivity contribution in [1.29, 1.82) is 0 Å². The summed E-state index contributed by atoms with van der Waals surface area (Å²) < 4.78 is 10.2. The summed E-state index contributed by atoms with van der Waals surface area (Å²) in [6, 6.07) is 6.55. The lowest BCUT2D eigenvalue weighted by Crippen LogP contribution is -2.38. The van der Waals surface area contributed by atoms with Crippen LogP contribution in [0.2, 0.25) is 0 Å². The third-order valence-corrected chi connectivity index (χ3v) is 2.66. The predicted molar refractivity (Wildman–Crippen MR) is 77.0 cm³/mol. The van der Waals surface area contributed by atoms with E-state index in [2.05, 4.69) is 0 Å². The molecule has 110 valence electrons. The second-order valence-corrected chi connectivity index (χ2v) is 4.27. The maximum atomic E-state index is 9.72. The Balaban J connectivity index is 2.46. The highest BCUT2D eigenvalue weighted by Gasteiger charge is 2.19. The van der Waals surface area contributed by atoms with E-state index >= 15 is 0 Å². The van der Waals surface area contributed by atoms with Gasteiger partial charge in [-0.05, 0) is 23.8 Å². The summed E-state index contributed by atoms with van der Waals surface area (Å²) in [6.07, 6.45) is 0.930. The minimum Gasteiger partial charge on any atom is -0.423 e.